The van der Waals surface area contributed by atoms with Gasteiger partial charge in [0.05, 0.1) is 12.2 Å². The number of nitrogens with one attached hydrogen (secondary N) is 2. The molecule has 3 nitrogen and oxygen atoms in total. The lowest BCUT2D eigenvalue weighted by molar-refractivity contribution is 0.556. The number of hydrogen-bond acceptors (Lipinski definition) is 2. The average molecular weight is 263 g/mol. The van der Waals surface area contributed by atoms with E-state index in [0.717, 1.165) is 25.3 Å². The molecular weight excluding hydrogens is 234 g/mol. The van der Waals surface area contributed by atoms with Crippen molar-refractivity contribution < 1.29 is 0 Å². The van der Waals surface area contributed by atoms with E-state index in [1.165, 1.54) is 69.2 Å². The molecule has 1 aromatic heterocycles. The Morgan fingerprint density at radius 2 is 1.58 bits per heavy atom. The second-order valence-corrected chi connectivity index (χ2v) is 5.72. The van der Waals surface area contributed by atoms with Crippen LogP contribution in [0, 0.1) is 0 Å². The van der Waals surface area contributed by atoms with Gasteiger partial charge in [-0.05, 0) is 32.2 Å². The smallest absolute Gasteiger partial charge is 0.120 e. The molecule has 1 aromatic rings. The SMILES string of the molecule is CCNCc1nc2c([nH]1)CCCCCCCCCC2. The predicted molar refractivity (Wildman–Crippen MR) is 80.3 cm³/mol. The van der Waals surface area contributed by atoms with Gasteiger partial charge in [0.15, 0.2) is 0 Å². The van der Waals surface area contributed by atoms with Gasteiger partial charge in [0.2, 0.25) is 0 Å². The predicted octanol–water partition coefficient (Wildman–Crippen LogP) is 3.74. The van der Waals surface area contributed by atoms with E-state index < -0.39 is 0 Å². The van der Waals surface area contributed by atoms with E-state index in [1.807, 2.05) is 0 Å². The number of aromatic nitrogens is 2. The van der Waals surface area contributed by atoms with Crippen molar-refractivity contribution in [3.05, 3.63) is 17.2 Å². The Balaban J connectivity index is 1.98. The molecule has 0 bridgehead atoms. The fourth-order valence-corrected chi connectivity index (χ4v) is 2.90. The minimum atomic E-state index is 0.878. The summed E-state index contributed by atoms with van der Waals surface area (Å²) in [6.07, 6.45) is 13.4. The fourth-order valence-electron chi connectivity index (χ4n) is 2.90. The molecule has 1 aliphatic rings. The Kier molecular flexibility index (Phi) is 6.42. The van der Waals surface area contributed by atoms with Gasteiger partial charge >= 0.3 is 0 Å². The Bertz CT molecular complexity index is 327. The summed E-state index contributed by atoms with van der Waals surface area (Å²) in [6.45, 7) is 4.02. The van der Waals surface area contributed by atoms with E-state index in [1.54, 1.807) is 0 Å². The summed E-state index contributed by atoms with van der Waals surface area (Å²) >= 11 is 0. The van der Waals surface area contributed by atoms with Crippen LogP contribution in [0.2, 0.25) is 0 Å². The quantitative estimate of drug-likeness (QED) is 0.872. The molecule has 0 unspecified atom stereocenters. The maximum atomic E-state index is 4.80. The van der Waals surface area contributed by atoms with Crippen molar-refractivity contribution in [3.63, 3.8) is 0 Å². The standard InChI is InChI=1S/C16H29N3/c1-2-17-13-16-18-14-11-9-7-5-3-4-6-8-10-12-15(14)19-16/h17H,2-13H2,1H3,(H,18,19). The maximum absolute atomic E-state index is 4.80. The molecule has 2 N–H and O–H groups in total. The Morgan fingerprint density at radius 1 is 0.947 bits per heavy atom. The molecular formula is C16H29N3. The molecule has 0 saturated heterocycles. The van der Waals surface area contributed by atoms with Crippen molar-refractivity contribution in [2.75, 3.05) is 6.54 Å². The average Bonchev–Trinajstić information content (AvgIpc) is 2.79. The molecule has 0 spiro atoms. The van der Waals surface area contributed by atoms with E-state index in [9.17, 15) is 0 Å². The van der Waals surface area contributed by atoms with E-state index in [-0.39, 0.29) is 0 Å². The molecule has 0 saturated carbocycles. The first-order valence-corrected chi connectivity index (χ1v) is 8.17. The topological polar surface area (TPSA) is 40.7 Å². The highest BCUT2D eigenvalue weighted by Crippen LogP contribution is 2.17. The molecule has 0 radical (unpaired) electrons. The first-order chi connectivity index (χ1) is 9.40. The second-order valence-electron chi connectivity index (χ2n) is 5.72. The third-order valence-corrected chi connectivity index (χ3v) is 4.05. The fraction of sp³-hybridized carbons (Fsp3) is 0.812. The highest BCUT2D eigenvalue weighted by Gasteiger charge is 2.10. The minimum Gasteiger partial charge on any atom is -0.345 e. The lowest BCUT2D eigenvalue weighted by atomic mass is 10.0. The number of H-pyrrole nitrogens is 1. The van der Waals surface area contributed by atoms with Crippen LogP contribution in [0.3, 0.4) is 0 Å². The highest BCUT2D eigenvalue weighted by molar-refractivity contribution is 5.15. The molecule has 3 heteroatoms. The van der Waals surface area contributed by atoms with E-state index in [0.29, 0.717) is 0 Å². The lowest BCUT2D eigenvalue weighted by Crippen LogP contribution is -2.12. The van der Waals surface area contributed by atoms with Crippen LogP contribution < -0.4 is 5.32 Å². The van der Waals surface area contributed by atoms with E-state index in [4.69, 9.17) is 4.98 Å². The van der Waals surface area contributed by atoms with Crippen LogP contribution in [0.4, 0.5) is 0 Å². The van der Waals surface area contributed by atoms with Crippen molar-refractivity contribution in [1.82, 2.24) is 15.3 Å². The molecule has 0 amide bonds. The highest BCUT2D eigenvalue weighted by atomic mass is 15.0. The molecule has 19 heavy (non-hydrogen) atoms. The summed E-state index contributed by atoms with van der Waals surface area (Å²) in [5, 5.41) is 3.36. The van der Waals surface area contributed by atoms with Gasteiger partial charge in [0.25, 0.3) is 0 Å². The number of imidazole rings is 1. The lowest BCUT2D eigenvalue weighted by Gasteiger charge is -2.06. The van der Waals surface area contributed by atoms with Crippen molar-refractivity contribution in [3.8, 4) is 0 Å². The minimum absolute atomic E-state index is 0.878. The maximum Gasteiger partial charge on any atom is 0.120 e. The Morgan fingerprint density at radius 3 is 2.26 bits per heavy atom. The van der Waals surface area contributed by atoms with Gasteiger partial charge in [-0.2, -0.15) is 0 Å². The molecule has 108 valence electrons. The van der Waals surface area contributed by atoms with Crippen molar-refractivity contribution in [2.24, 2.45) is 0 Å². The third kappa shape index (κ3) is 4.98. The van der Waals surface area contributed by atoms with Gasteiger partial charge in [0, 0.05) is 5.69 Å². The Hall–Kier alpha value is -0.830. The summed E-state index contributed by atoms with van der Waals surface area (Å²) < 4.78 is 0. The molecule has 0 fully saturated rings. The van der Waals surface area contributed by atoms with Crippen LogP contribution >= 0.6 is 0 Å². The zero-order valence-corrected chi connectivity index (χ0v) is 12.4. The van der Waals surface area contributed by atoms with Gasteiger partial charge in [0.1, 0.15) is 5.82 Å². The molecule has 0 aliphatic heterocycles. The molecule has 0 atom stereocenters. The summed E-state index contributed by atoms with van der Waals surface area (Å²) in [5.41, 5.74) is 2.75. The van der Waals surface area contributed by atoms with Crippen LogP contribution in [0.25, 0.3) is 0 Å². The number of hydrogen-bond donors (Lipinski definition) is 2. The zero-order valence-electron chi connectivity index (χ0n) is 12.4. The van der Waals surface area contributed by atoms with Crippen molar-refractivity contribution in [2.45, 2.75) is 77.7 Å². The van der Waals surface area contributed by atoms with Crippen LogP contribution in [0.15, 0.2) is 0 Å². The first kappa shape index (κ1) is 14.6. The van der Waals surface area contributed by atoms with E-state index >= 15 is 0 Å². The largest absolute Gasteiger partial charge is 0.345 e. The number of fused-ring (bicyclic) bond motifs is 1. The monoisotopic (exact) mass is 263 g/mol. The zero-order chi connectivity index (χ0) is 13.3. The molecule has 1 heterocycles. The van der Waals surface area contributed by atoms with Crippen LogP contribution in [0.5, 0.6) is 0 Å². The summed E-state index contributed by atoms with van der Waals surface area (Å²) in [4.78, 5) is 8.35. The summed E-state index contributed by atoms with van der Waals surface area (Å²) in [5.74, 6) is 1.13. The van der Waals surface area contributed by atoms with Crippen LogP contribution in [-0.2, 0) is 19.4 Å². The summed E-state index contributed by atoms with van der Waals surface area (Å²) in [6, 6.07) is 0. The number of nitrogens with zero attached hydrogens (tertiary/aromatic N) is 1. The van der Waals surface area contributed by atoms with Gasteiger partial charge < -0.3 is 10.3 Å². The normalized spacial score (nSPS) is 18.4. The molecule has 1 aliphatic carbocycles. The Labute approximate surface area is 117 Å². The van der Waals surface area contributed by atoms with Gasteiger partial charge in [-0.25, -0.2) is 4.98 Å². The van der Waals surface area contributed by atoms with Gasteiger partial charge in [-0.3, -0.25) is 0 Å². The molecule has 0 aromatic carbocycles. The number of aryl methyl sites for hydroxylation is 2. The third-order valence-electron chi connectivity index (χ3n) is 4.05. The number of aromatic amines is 1. The van der Waals surface area contributed by atoms with Crippen molar-refractivity contribution >= 4 is 0 Å². The van der Waals surface area contributed by atoms with Gasteiger partial charge in [-0.1, -0.05) is 45.4 Å². The summed E-state index contributed by atoms with van der Waals surface area (Å²) in [7, 11) is 0. The molecule has 2 rings (SSSR count). The van der Waals surface area contributed by atoms with Gasteiger partial charge in [-0.15, -0.1) is 0 Å². The van der Waals surface area contributed by atoms with Crippen LogP contribution in [0.1, 0.15) is 75.5 Å². The van der Waals surface area contributed by atoms with Crippen LogP contribution in [-0.4, -0.2) is 16.5 Å². The second kappa shape index (κ2) is 8.36. The van der Waals surface area contributed by atoms with Crippen molar-refractivity contribution in [1.29, 1.82) is 0 Å². The number of rotatable bonds is 3. The van der Waals surface area contributed by atoms with E-state index in [2.05, 4.69) is 17.2 Å². The first-order valence-electron chi connectivity index (χ1n) is 8.17.